The van der Waals surface area contributed by atoms with Gasteiger partial charge >= 0.3 is 23.9 Å². The maximum absolute atomic E-state index is 12.8. The summed E-state index contributed by atoms with van der Waals surface area (Å²) in [6.45, 7) is 4.48. The Labute approximate surface area is 204 Å². The van der Waals surface area contributed by atoms with Crippen LogP contribution >= 0.6 is 0 Å². The number of carbonyl (C=O) groups excluding carboxylic acids is 2. The lowest BCUT2D eigenvalue weighted by Gasteiger charge is -2.28. The van der Waals surface area contributed by atoms with E-state index >= 15 is 0 Å². The van der Waals surface area contributed by atoms with Crippen molar-refractivity contribution in [3.05, 3.63) is 35.9 Å². The SMILES string of the molecule is CCCCOC(=O)[C@H](CCc1ccccc1)N[C@@H](C)C(=O)N1CCC[C@H]1C(=O)O.O=C(O)C(=O)O. The van der Waals surface area contributed by atoms with Gasteiger partial charge in [-0.15, -0.1) is 0 Å². The molecule has 11 nitrogen and oxygen atoms in total. The van der Waals surface area contributed by atoms with Gasteiger partial charge in [-0.05, 0) is 44.6 Å². The molecule has 1 saturated heterocycles. The Morgan fingerprint density at radius 2 is 1.71 bits per heavy atom. The normalized spacial score (nSPS) is 16.4. The van der Waals surface area contributed by atoms with Crippen LogP contribution in [0.15, 0.2) is 30.3 Å². The van der Waals surface area contributed by atoms with Gasteiger partial charge in [-0.3, -0.25) is 14.9 Å². The molecule has 1 aliphatic heterocycles. The molecular formula is C24H34N2O9. The summed E-state index contributed by atoms with van der Waals surface area (Å²) in [5.74, 6) is -5.29. The third-order valence-electron chi connectivity index (χ3n) is 5.42. The van der Waals surface area contributed by atoms with Crippen molar-refractivity contribution in [2.45, 2.75) is 70.5 Å². The number of likely N-dealkylation sites (tertiary alicyclic amines) is 1. The molecule has 2 rings (SSSR count). The average Bonchev–Trinajstić information content (AvgIpc) is 3.32. The number of hydrogen-bond donors (Lipinski definition) is 4. The summed E-state index contributed by atoms with van der Waals surface area (Å²) in [5.41, 5.74) is 1.10. The number of aliphatic carboxylic acids is 3. The summed E-state index contributed by atoms with van der Waals surface area (Å²) in [6, 6.07) is 7.74. The van der Waals surface area contributed by atoms with Gasteiger partial charge in [-0.2, -0.15) is 0 Å². The summed E-state index contributed by atoms with van der Waals surface area (Å²) in [7, 11) is 0. The lowest BCUT2D eigenvalue weighted by Crippen LogP contribution is -2.53. The lowest BCUT2D eigenvalue weighted by atomic mass is 10.0. The van der Waals surface area contributed by atoms with E-state index in [9.17, 15) is 19.5 Å². The van der Waals surface area contributed by atoms with Crippen LogP contribution in [0.5, 0.6) is 0 Å². The van der Waals surface area contributed by atoms with Gasteiger partial charge < -0.3 is 25.0 Å². The Balaban J connectivity index is 0.000000905. The van der Waals surface area contributed by atoms with E-state index in [-0.39, 0.29) is 11.9 Å². The Morgan fingerprint density at radius 3 is 2.26 bits per heavy atom. The van der Waals surface area contributed by atoms with Crippen LogP contribution in [0.1, 0.15) is 51.5 Å². The Hall–Kier alpha value is -3.47. The molecule has 11 heteroatoms. The van der Waals surface area contributed by atoms with E-state index in [1.807, 2.05) is 37.3 Å². The fourth-order valence-corrected chi connectivity index (χ4v) is 3.55. The van der Waals surface area contributed by atoms with Crippen LogP contribution in [-0.4, -0.2) is 81.3 Å². The van der Waals surface area contributed by atoms with E-state index in [0.717, 1.165) is 18.4 Å². The number of carboxylic acids is 3. The molecule has 1 fully saturated rings. The van der Waals surface area contributed by atoms with Crippen molar-refractivity contribution in [1.82, 2.24) is 10.2 Å². The number of hydrogen-bond acceptors (Lipinski definition) is 7. The number of carbonyl (C=O) groups is 5. The van der Waals surface area contributed by atoms with Gasteiger partial charge in [0.2, 0.25) is 5.91 Å². The molecule has 0 spiro atoms. The zero-order valence-electron chi connectivity index (χ0n) is 20.0. The van der Waals surface area contributed by atoms with E-state index in [0.29, 0.717) is 38.8 Å². The van der Waals surface area contributed by atoms with Crippen molar-refractivity contribution < 1.29 is 44.0 Å². The first-order chi connectivity index (χ1) is 16.6. The quantitative estimate of drug-likeness (QED) is 0.201. The Bertz CT molecular complexity index is 848. The van der Waals surface area contributed by atoms with Crippen LogP contribution < -0.4 is 5.32 Å². The van der Waals surface area contributed by atoms with Crippen molar-refractivity contribution in [3.63, 3.8) is 0 Å². The molecule has 1 aromatic rings. The number of aryl methyl sites for hydroxylation is 1. The highest BCUT2D eigenvalue weighted by atomic mass is 16.5. The van der Waals surface area contributed by atoms with Crippen LogP contribution in [0, 0.1) is 0 Å². The number of nitrogens with one attached hydrogen (secondary N) is 1. The number of unbranched alkanes of at least 4 members (excludes halogenated alkanes) is 1. The molecule has 3 atom stereocenters. The zero-order valence-corrected chi connectivity index (χ0v) is 20.0. The van der Waals surface area contributed by atoms with Crippen molar-refractivity contribution in [2.75, 3.05) is 13.2 Å². The number of amides is 1. The molecule has 0 bridgehead atoms. The minimum atomic E-state index is -1.82. The van der Waals surface area contributed by atoms with Gasteiger partial charge in [-0.25, -0.2) is 14.4 Å². The minimum Gasteiger partial charge on any atom is -0.480 e. The van der Waals surface area contributed by atoms with Crippen LogP contribution in [0.25, 0.3) is 0 Å². The predicted molar refractivity (Wildman–Crippen MR) is 125 cm³/mol. The molecule has 0 unspecified atom stereocenters. The van der Waals surface area contributed by atoms with Gasteiger partial charge in [-0.1, -0.05) is 43.7 Å². The van der Waals surface area contributed by atoms with E-state index in [1.165, 1.54) is 4.90 Å². The van der Waals surface area contributed by atoms with Crippen molar-refractivity contribution in [1.29, 1.82) is 0 Å². The topological polar surface area (TPSA) is 171 Å². The molecular weight excluding hydrogens is 460 g/mol. The van der Waals surface area contributed by atoms with E-state index in [4.69, 9.17) is 24.5 Å². The van der Waals surface area contributed by atoms with Crippen molar-refractivity contribution in [3.8, 4) is 0 Å². The highest BCUT2D eigenvalue weighted by molar-refractivity contribution is 6.27. The fraction of sp³-hybridized carbons (Fsp3) is 0.542. The first kappa shape index (κ1) is 29.6. The molecule has 1 aliphatic rings. The lowest BCUT2D eigenvalue weighted by molar-refractivity contribution is -0.159. The molecule has 4 N–H and O–H groups in total. The number of esters is 1. The Morgan fingerprint density at radius 1 is 1.09 bits per heavy atom. The third kappa shape index (κ3) is 10.6. The molecule has 35 heavy (non-hydrogen) atoms. The largest absolute Gasteiger partial charge is 0.480 e. The number of carboxylic acid groups (broad SMARTS) is 3. The van der Waals surface area contributed by atoms with Crippen LogP contribution in [0.3, 0.4) is 0 Å². The summed E-state index contributed by atoms with van der Waals surface area (Å²) in [4.78, 5) is 56.4. The number of benzene rings is 1. The predicted octanol–water partition coefficient (Wildman–Crippen LogP) is 1.54. The van der Waals surface area contributed by atoms with Gasteiger partial charge in [0.05, 0.1) is 12.6 Å². The number of rotatable bonds is 11. The van der Waals surface area contributed by atoms with Crippen LogP contribution in [0.4, 0.5) is 0 Å². The maximum atomic E-state index is 12.8. The standard InChI is InChI=1S/C22H32N2O5.C2H2O4/c1-3-4-15-29-22(28)18(13-12-17-9-6-5-7-10-17)23-16(2)20(25)24-14-8-11-19(24)21(26)27;3-1(4)2(5)6/h5-7,9-10,16,18-19,23H,3-4,8,11-15H2,1-2H3,(H,26,27);(H,3,4)(H,5,6)/t16-,18-,19-;/m0./s1. The smallest absolute Gasteiger partial charge is 0.414 e. The van der Waals surface area contributed by atoms with Crippen molar-refractivity contribution >= 4 is 29.8 Å². The summed E-state index contributed by atoms with van der Waals surface area (Å²) >= 11 is 0. The number of ether oxygens (including phenoxy) is 1. The highest BCUT2D eigenvalue weighted by Crippen LogP contribution is 2.19. The highest BCUT2D eigenvalue weighted by Gasteiger charge is 2.37. The molecule has 1 amide bonds. The van der Waals surface area contributed by atoms with E-state index in [1.54, 1.807) is 6.92 Å². The van der Waals surface area contributed by atoms with Crippen molar-refractivity contribution in [2.24, 2.45) is 0 Å². The second kappa shape index (κ2) is 15.4. The molecule has 0 radical (unpaired) electrons. The fourth-order valence-electron chi connectivity index (χ4n) is 3.55. The van der Waals surface area contributed by atoms with E-state index in [2.05, 4.69) is 5.32 Å². The molecule has 194 valence electrons. The molecule has 1 heterocycles. The van der Waals surface area contributed by atoms with Gasteiger partial charge in [0.25, 0.3) is 0 Å². The maximum Gasteiger partial charge on any atom is 0.414 e. The molecule has 1 aromatic carbocycles. The summed E-state index contributed by atoms with van der Waals surface area (Å²) < 4.78 is 5.38. The summed E-state index contributed by atoms with van der Waals surface area (Å²) in [5, 5.41) is 27.2. The monoisotopic (exact) mass is 494 g/mol. The minimum absolute atomic E-state index is 0.291. The van der Waals surface area contributed by atoms with E-state index < -0.39 is 36.0 Å². The Kier molecular flexibility index (Phi) is 13.0. The first-order valence-electron chi connectivity index (χ1n) is 11.5. The zero-order chi connectivity index (χ0) is 26.4. The summed E-state index contributed by atoms with van der Waals surface area (Å²) in [6.07, 6.45) is 4.02. The second-order valence-corrected chi connectivity index (χ2v) is 8.12. The first-order valence-corrected chi connectivity index (χ1v) is 11.5. The van der Waals surface area contributed by atoms with Gasteiger partial charge in [0.1, 0.15) is 12.1 Å². The van der Waals surface area contributed by atoms with Gasteiger partial charge in [0.15, 0.2) is 0 Å². The molecule has 0 saturated carbocycles. The molecule has 0 aromatic heterocycles. The van der Waals surface area contributed by atoms with Crippen LogP contribution in [0.2, 0.25) is 0 Å². The molecule has 0 aliphatic carbocycles. The van der Waals surface area contributed by atoms with Gasteiger partial charge in [0, 0.05) is 6.54 Å². The second-order valence-electron chi connectivity index (χ2n) is 8.12. The number of nitrogens with zero attached hydrogens (tertiary/aromatic N) is 1. The average molecular weight is 495 g/mol. The third-order valence-corrected chi connectivity index (χ3v) is 5.42. The van der Waals surface area contributed by atoms with Crippen LogP contribution in [-0.2, 0) is 35.1 Å².